The van der Waals surface area contributed by atoms with E-state index in [1.54, 1.807) is 12.5 Å². The Kier molecular flexibility index (Phi) is 3.21. The molecule has 1 N–H and O–H groups in total. The number of hydrogen-bond donors (Lipinski definition) is 1. The van der Waals surface area contributed by atoms with Gasteiger partial charge in [-0.15, -0.1) is 0 Å². The SMILES string of the molecule is OC(c1c([C@H]2C[C@H]2F)ccn2cncc12)C1CCCCC1. The van der Waals surface area contributed by atoms with Crippen LogP contribution < -0.4 is 0 Å². The molecule has 2 heterocycles. The van der Waals surface area contributed by atoms with Crippen molar-refractivity contribution in [3.8, 4) is 0 Å². The smallest absolute Gasteiger partial charge is 0.108 e. The lowest BCUT2D eigenvalue weighted by atomic mass is 9.81. The number of pyridine rings is 1. The van der Waals surface area contributed by atoms with E-state index in [4.69, 9.17) is 0 Å². The van der Waals surface area contributed by atoms with Gasteiger partial charge >= 0.3 is 0 Å². The lowest BCUT2D eigenvalue weighted by Crippen LogP contribution is -2.18. The zero-order chi connectivity index (χ0) is 14.4. The van der Waals surface area contributed by atoms with Crippen molar-refractivity contribution in [2.45, 2.75) is 56.7 Å². The summed E-state index contributed by atoms with van der Waals surface area (Å²) >= 11 is 0. The Morgan fingerprint density at radius 3 is 2.76 bits per heavy atom. The molecule has 2 fully saturated rings. The van der Waals surface area contributed by atoms with Crippen LogP contribution in [0.2, 0.25) is 0 Å². The largest absolute Gasteiger partial charge is 0.388 e. The van der Waals surface area contributed by atoms with Crippen LogP contribution in [0, 0.1) is 5.92 Å². The van der Waals surface area contributed by atoms with Gasteiger partial charge in [0.05, 0.1) is 24.1 Å². The van der Waals surface area contributed by atoms with Gasteiger partial charge in [-0.3, -0.25) is 0 Å². The molecule has 2 aliphatic rings. The summed E-state index contributed by atoms with van der Waals surface area (Å²) < 4.78 is 15.5. The molecule has 2 aromatic heterocycles. The highest BCUT2D eigenvalue weighted by molar-refractivity contribution is 5.59. The molecule has 21 heavy (non-hydrogen) atoms. The molecular formula is C17H21FN2O. The summed E-state index contributed by atoms with van der Waals surface area (Å²) in [5.41, 5.74) is 2.85. The average Bonchev–Trinajstić information content (AvgIpc) is 3.06. The molecule has 112 valence electrons. The van der Waals surface area contributed by atoms with E-state index in [0.717, 1.165) is 29.5 Å². The Bertz CT molecular complexity index is 647. The fraction of sp³-hybridized carbons (Fsp3) is 0.588. The number of nitrogens with zero attached hydrogens (tertiary/aromatic N) is 2. The molecule has 2 aromatic rings. The van der Waals surface area contributed by atoms with Crippen molar-refractivity contribution in [3.63, 3.8) is 0 Å². The van der Waals surface area contributed by atoms with E-state index in [-0.39, 0.29) is 5.92 Å². The maximum Gasteiger partial charge on any atom is 0.108 e. The normalized spacial score (nSPS) is 27.9. The first-order valence-electron chi connectivity index (χ1n) is 8.02. The Hall–Kier alpha value is -1.42. The van der Waals surface area contributed by atoms with Gasteiger partial charge in [-0.1, -0.05) is 19.3 Å². The van der Waals surface area contributed by atoms with Gasteiger partial charge in [-0.2, -0.15) is 0 Å². The summed E-state index contributed by atoms with van der Waals surface area (Å²) in [6, 6.07) is 1.97. The lowest BCUT2D eigenvalue weighted by molar-refractivity contribution is 0.0849. The Morgan fingerprint density at radius 2 is 2.05 bits per heavy atom. The zero-order valence-electron chi connectivity index (χ0n) is 12.1. The van der Waals surface area contributed by atoms with E-state index < -0.39 is 12.3 Å². The van der Waals surface area contributed by atoms with E-state index in [9.17, 15) is 9.50 Å². The number of fused-ring (bicyclic) bond motifs is 1. The monoisotopic (exact) mass is 288 g/mol. The van der Waals surface area contributed by atoms with Crippen LogP contribution in [-0.2, 0) is 0 Å². The number of aromatic nitrogens is 2. The van der Waals surface area contributed by atoms with Crippen molar-refractivity contribution in [1.29, 1.82) is 0 Å². The quantitative estimate of drug-likeness (QED) is 0.933. The minimum Gasteiger partial charge on any atom is -0.388 e. The van der Waals surface area contributed by atoms with Gasteiger partial charge in [-0.05, 0) is 36.8 Å². The van der Waals surface area contributed by atoms with Crippen molar-refractivity contribution >= 4 is 5.52 Å². The van der Waals surface area contributed by atoms with Crippen LogP contribution in [0.5, 0.6) is 0 Å². The number of aliphatic hydroxyl groups excluding tert-OH is 1. The second kappa shape index (κ2) is 5.09. The number of imidazole rings is 1. The van der Waals surface area contributed by atoms with Crippen LogP contribution in [0.25, 0.3) is 5.52 Å². The van der Waals surface area contributed by atoms with E-state index in [1.165, 1.54) is 19.3 Å². The van der Waals surface area contributed by atoms with Gasteiger partial charge in [0, 0.05) is 17.7 Å². The summed E-state index contributed by atoms with van der Waals surface area (Å²) in [7, 11) is 0. The van der Waals surface area contributed by atoms with Crippen molar-refractivity contribution in [3.05, 3.63) is 35.9 Å². The molecule has 0 aromatic carbocycles. The maximum atomic E-state index is 13.6. The summed E-state index contributed by atoms with van der Waals surface area (Å²) in [6.07, 6.45) is 10.6. The molecule has 0 spiro atoms. The van der Waals surface area contributed by atoms with Gasteiger partial charge in [0.15, 0.2) is 0 Å². The van der Waals surface area contributed by atoms with Crippen LogP contribution in [-0.4, -0.2) is 20.7 Å². The van der Waals surface area contributed by atoms with Gasteiger partial charge in [-0.25, -0.2) is 9.37 Å². The van der Waals surface area contributed by atoms with Crippen LogP contribution >= 0.6 is 0 Å². The molecule has 4 heteroatoms. The van der Waals surface area contributed by atoms with Gasteiger partial charge in [0.1, 0.15) is 6.17 Å². The summed E-state index contributed by atoms with van der Waals surface area (Å²) in [4.78, 5) is 4.19. The Labute approximate surface area is 123 Å². The molecule has 1 unspecified atom stereocenters. The third-order valence-electron chi connectivity index (χ3n) is 5.17. The second-order valence-corrected chi connectivity index (χ2v) is 6.57. The molecule has 0 bridgehead atoms. The number of halogens is 1. The van der Waals surface area contributed by atoms with Crippen LogP contribution in [0.15, 0.2) is 24.8 Å². The fourth-order valence-electron chi connectivity index (χ4n) is 3.85. The first kappa shape index (κ1) is 13.3. The van der Waals surface area contributed by atoms with Crippen molar-refractivity contribution in [2.24, 2.45) is 5.92 Å². The number of rotatable bonds is 3. The predicted octanol–water partition coefficient (Wildman–Crippen LogP) is 3.77. The van der Waals surface area contributed by atoms with Crippen LogP contribution in [0.4, 0.5) is 4.39 Å². The molecule has 4 rings (SSSR count). The standard InChI is InChI=1S/C17H21FN2O/c18-14-8-13(14)12-6-7-20-10-19-9-15(20)16(12)17(21)11-4-2-1-3-5-11/h6-7,9-11,13-14,17,21H,1-5,8H2/t13-,14-,17?/m1/s1. The van der Waals surface area contributed by atoms with E-state index >= 15 is 0 Å². The molecule has 2 aliphatic carbocycles. The summed E-state index contributed by atoms with van der Waals surface area (Å²) in [5.74, 6) is 0.272. The minimum absolute atomic E-state index is 0.0295. The van der Waals surface area contributed by atoms with Gasteiger partial charge in [0.2, 0.25) is 0 Å². The molecule has 0 saturated heterocycles. The highest BCUT2D eigenvalue weighted by Crippen LogP contribution is 2.48. The molecular weight excluding hydrogens is 267 g/mol. The molecule has 0 amide bonds. The van der Waals surface area contributed by atoms with E-state index in [0.29, 0.717) is 12.3 Å². The first-order chi connectivity index (χ1) is 10.3. The van der Waals surface area contributed by atoms with Crippen LogP contribution in [0.1, 0.15) is 61.7 Å². The van der Waals surface area contributed by atoms with Gasteiger partial charge < -0.3 is 9.51 Å². The highest BCUT2D eigenvalue weighted by atomic mass is 19.1. The molecule has 3 atom stereocenters. The van der Waals surface area contributed by atoms with Crippen molar-refractivity contribution < 1.29 is 9.50 Å². The highest BCUT2D eigenvalue weighted by Gasteiger charge is 2.42. The molecule has 2 saturated carbocycles. The lowest BCUT2D eigenvalue weighted by Gasteiger charge is -2.28. The fourth-order valence-corrected chi connectivity index (χ4v) is 3.85. The Balaban J connectivity index is 1.78. The summed E-state index contributed by atoms with van der Waals surface area (Å²) in [6.45, 7) is 0. The van der Waals surface area contributed by atoms with E-state index in [2.05, 4.69) is 4.98 Å². The maximum absolute atomic E-state index is 13.6. The number of alkyl halides is 1. The second-order valence-electron chi connectivity index (χ2n) is 6.57. The number of aliphatic hydroxyl groups is 1. The van der Waals surface area contributed by atoms with E-state index in [1.807, 2.05) is 16.7 Å². The van der Waals surface area contributed by atoms with Crippen LogP contribution in [0.3, 0.4) is 0 Å². The zero-order valence-corrected chi connectivity index (χ0v) is 12.1. The van der Waals surface area contributed by atoms with Crippen molar-refractivity contribution in [2.75, 3.05) is 0 Å². The molecule has 0 radical (unpaired) electrons. The topological polar surface area (TPSA) is 37.5 Å². The molecule has 0 aliphatic heterocycles. The third kappa shape index (κ3) is 2.26. The minimum atomic E-state index is -0.743. The molecule has 3 nitrogen and oxygen atoms in total. The Morgan fingerprint density at radius 1 is 1.29 bits per heavy atom. The third-order valence-corrected chi connectivity index (χ3v) is 5.17. The number of hydrogen-bond acceptors (Lipinski definition) is 2. The predicted molar refractivity (Wildman–Crippen MR) is 79.0 cm³/mol. The summed E-state index contributed by atoms with van der Waals surface area (Å²) in [5, 5.41) is 10.9. The van der Waals surface area contributed by atoms with Crippen molar-refractivity contribution in [1.82, 2.24) is 9.38 Å². The first-order valence-corrected chi connectivity index (χ1v) is 8.02. The van der Waals surface area contributed by atoms with Gasteiger partial charge in [0.25, 0.3) is 0 Å². The average molecular weight is 288 g/mol.